The van der Waals surface area contributed by atoms with Gasteiger partial charge in [-0.1, -0.05) is 19.8 Å². The molecule has 0 fully saturated rings. The van der Waals surface area contributed by atoms with E-state index in [2.05, 4.69) is 9.44 Å². The molecule has 0 aromatic carbocycles. The van der Waals surface area contributed by atoms with E-state index in [1.807, 2.05) is 6.92 Å². The SMILES string of the molecule is CCCC[C@H](NS(=O)(=O)NC(C)(C)C)C(=O)O. The van der Waals surface area contributed by atoms with Gasteiger partial charge in [-0.3, -0.25) is 4.79 Å². The van der Waals surface area contributed by atoms with Crippen LogP contribution in [0.1, 0.15) is 47.0 Å². The maximum Gasteiger partial charge on any atom is 0.321 e. The number of hydrogen-bond donors (Lipinski definition) is 3. The molecule has 0 spiro atoms. The van der Waals surface area contributed by atoms with E-state index < -0.39 is 27.8 Å². The minimum absolute atomic E-state index is 0.289. The van der Waals surface area contributed by atoms with Crippen molar-refractivity contribution in [3.05, 3.63) is 0 Å². The van der Waals surface area contributed by atoms with E-state index in [0.717, 1.165) is 6.42 Å². The maximum atomic E-state index is 11.6. The molecule has 17 heavy (non-hydrogen) atoms. The molecule has 3 N–H and O–H groups in total. The Hall–Kier alpha value is -0.660. The summed E-state index contributed by atoms with van der Waals surface area (Å²) >= 11 is 0. The summed E-state index contributed by atoms with van der Waals surface area (Å²) in [6.45, 7) is 6.98. The largest absolute Gasteiger partial charge is 0.480 e. The first-order valence-corrected chi connectivity index (χ1v) is 7.10. The van der Waals surface area contributed by atoms with Gasteiger partial charge in [-0.15, -0.1) is 0 Å². The van der Waals surface area contributed by atoms with Gasteiger partial charge in [-0.2, -0.15) is 17.9 Å². The van der Waals surface area contributed by atoms with E-state index >= 15 is 0 Å². The van der Waals surface area contributed by atoms with Crippen LogP contribution in [0.4, 0.5) is 0 Å². The van der Waals surface area contributed by atoms with Crippen LogP contribution in [0.5, 0.6) is 0 Å². The molecule has 0 bridgehead atoms. The molecule has 0 aromatic rings. The average Bonchev–Trinajstić information content (AvgIpc) is 2.07. The summed E-state index contributed by atoms with van der Waals surface area (Å²) in [5.41, 5.74) is -0.639. The number of nitrogens with one attached hydrogen (secondary N) is 2. The molecule has 0 aliphatic heterocycles. The summed E-state index contributed by atoms with van der Waals surface area (Å²) in [6.07, 6.45) is 1.77. The monoisotopic (exact) mass is 266 g/mol. The molecule has 0 aromatic heterocycles. The fourth-order valence-corrected chi connectivity index (χ4v) is 2.72. The molecule has 0 unspecified atom stereocenters. The molecule has 6 nitrogen and oxygen atoms in total. The topological polar surface area (TPSA) is 95.5 Å². The van der Waals surface area contributed by atoms with Gasteiger partial charge >= 0.3 is 5.97 Å². The van der Waals surface area contributed by atoms with Crippen LogP contribution in [0.3, 0.4) is 0 Å². The van der Waals surface area contributed by atoms with Crippen LogP contribution < -0.4 is 9.44 Å². The van der Waals surface area contributed by atoms with E-state index in [4.69, 9.17) is 5.11 Å². The lowest BCUT2D eigenvalue weighted by Crippen LogP contribution is -2.51. The van der Waals surface area contributed by atoms with E-state index in [0.29, 0.717) is 6.42 Å². The minimum atomic E-state index is -3.79. The molecule has 0 rings (SSSR count). The van der Waals surface area contributed by atoms with Crippen molar-refractivity contribution in [2.45, 2.75) is 58.5 Å². The van der Waals surface area contributed by atoms with Crippen molar-refractivity contribution >= 4 is 16.2 Å². The summed E-state index contributed by atoms with van der Waals surface area (Å²) < 4.78 is 27.8. The molecule has 7 heteroatoms. The standard InChI is InChI=1S/C10H22N2O4S/c1-5-6-7-8(9(13)14)11-17(15,16)12-10(2,3)4/h8,11-12H,5-7H2,1-4H3,(H,13,14)/t8-/m0/s1. The average molecular weight is 266 g/mol. The first kappa shape index (κ1) is 16.3. The molecule has 0 aliphatic carbocycles. The minimum Gasteiger partial charge on any atom is -0.480 e. The number of unbranched alkanes of at least 4 members (excludes halogenated alkanes) is 1. The Morgan fingerprint density at radius 3 is 2.24 bits per heavy atom. The fraction of sp³-hybridized carbons (Fsp3) is 0.900. The highest BCUT2D eigenvalue weighted by atomic mass is 32.2. The van der Waals surface area contributed by atoms with Gasteiger partial charge in [0.15, 0.2) is 0 Å². The third-order valence-electron chi connectivity index (χ3n) is 1.88. The van der Waals surface area contributed by atoms with Gasteiger partial charge in [0, 0.05) is 5.54 Å². The normalized spacial score (nSPS) is 14.6. The second-order valence-electron chi connectivity index (χ2n) is 5.01. The quantitative estimate of drug-likeness (QED) is 0.636. The molecular formula is C10H22N2O4S. The number of carboxylic acid groups (broad SMARTS) is 1. The Kier molecular flexibility index (Phi) is 6.08. The van der Waals surface area contributed by atoms with Crippen molar-refractivity contribution in [3.8, 4) is 0 Å². The summed E-state index contributed by atoms with van der Waals surface area (Å²) in [5.74, 6) is -1.15. The van der Waals surface area contributed by atoms with Crippen LogP contribution in [-0.2, 0) is 15.0 Å². The van der Waals surface area contributed by atoms with E-state index in [1.54, 1.807) is 20.8 Å². The van der Waals surface area contributed by atoms with Crippen LogP contribution in [-0.4, -0.2) is 31.1 Å². The summed E-state index contributed by atoms with van der Waals surface area (Å²) in [6, 6.07) is -1.07. The van der Waals surface area contributed by atoms with Gasteiger partial charge < -0.3 is 5.11 Å². The Labute approximate surface area is 103 Å². The van der Waals surface area contributed by atoms with Crippen molar-refractivity contribution in [1.82, 2.24) is 9.44 Å². The molecule has 0 saturated heterocycles. The van der Waals surface area contributed by atoms with Gasteiger partial charge in [0.1, 0.15) is 6.04 Å². The van der Waals surface area contributed by atoms with Crippen LogP contribution >= 0.6 is 0 Å². The van der Waals surface area contributed by atoms with Crippen molar-refractivity contribution in [2.75, 3.05) is 0 Å². The van der Waals surface area contributed by atoms with Crippen LogP contribution in [0, 0.1) is 0 Å². The molecule has 0 aliphatic rings. The Balaban J connectivity index is 4.59. The van der Waals surface area contributed by atoms with Crippen LogP contribution in [0.25, 0.3) is 0 Å². The Bertz CT molecular complexity index is 346. The molecule has 0 radical (unpaired) electrons. The van der Waals surface area contributed by atoms with Crippen molar-refractivity contribution in [1.29, 1.82) is 0 Å². The molecular weight excluding hydrogens is 244 g/mol. The van der Waals surface area contributed by atoms with Gasteiger partial charge in [-0.05, 0) is 27.2 Å². The van der Waals surface area contributed by atoms with Crippen LogP contribution in [0.15, 0.2) is 0 Å². The van der Waals surface area contributed by atoms with E-state index in [1.165, 1.54) is 0 Å². The summed E-state index contributed by atoms with van der Waals surface area (Å²) in [4.78, 5) is 10.9. The predicted molar refractivity (Wildman–Crippen MR) is 65.9 cm³/mol. The Morgan fingerprint density at radius 1 is 1.35 bits per heavy atom. The highest BCUT2D eigenvalue weighted by Crippen LogP contribution is 2.05. The number of carbonyl (C=O) groups is 1. The highest BCUT2D eigenvalue weighted by Gasteiger charge is 2.26. The van der Waals surface area contributed by atoms with Crippen molar-refractivity contribution in [3.63, 3.8) is 0 Å². The number of carboxylic acids is 1. The van der Waals surface area contributed by atoms with E-state index in [-0.39, 0.29) is 6.42 Å². The van der Waals surface area contributed by atoms with E-state index in [9.17, 15) is 13.2 Å². The molecule has 102 valence electrons. The summed E-state index contributed by atoms with van der Waals surface area (Å²) in [5, 5.41) is 8.91. The molecule has 0 heterocycles. The maximum absolute atomic E-state index is 11.6. The number of hydrogen-bond acceptors (Lipinski definition) is 3. The lowest BCUT2D eigenvalue weighted by molar-refractivity contribution is -0.139. The highest BCUT2D eigenvalue weighted by molar-refractivity contribution is 7.87. The molecule has 0 saturated carbocycles. The van der Waals surface area contributed by atoms with Gasteiger partial charge in [0.05, 0.1) is 0 Å². The van der Waals surface area contributed by atoms with Crippen LogP contribution in [0.2, 0.25) is 0 Å². The Morgan fingerprint density at radius 2 is 1.88 bits per heavy atom. The van der Waals surface area contributed by atoms with Crippen molar-refractivity contribution in [2.24, 2.45) is 0 Å². The van der Waals surface area contributed by atoms with Crippen molar-refractivity contribution < 1.29 is 18.3 Å². The van der Waals surface area contributed by atoms with Gasteiger partial charge in [-0.25, -0.2) is 0 Å². The third-order valence-corrected chi connectivity index (χ3v) is 3.36. The summed E-state index contributed by atoms with van der Waals surface area (Å²) in [7, 11) is -3.79. The molecule has 1 atom stereocenters. The third kappa shape index (κ3) is 8.12. The smallest absolute Gasteiger partial charge is 0.321 e. The zero-order chi connectivity index (χ0) is 13.7. The zero-order valence-electron chi connectivity index (χ0n) is 10.8. The zero-order valence-corrected chi connectivity index (χ0v) is 11.6. The second-order valence-corrected chi connectivity index (χ2v) is 6.45. The van der Waals surface area contributed by atoms with Gasteiger partial charge in [0.25, 0.3) is 10.2 Å². The second kappa shape index (κ2) is 6.32. The predicted octanol–water partition coefficient (Wildman–Crippen LogP) is 0.852. The first-order valence-electron chi connectivity index (χ1n) is 5.61. The lowest BCUT2D eigenvalue weighted by atomic mass is 10.1. The number of rotatable bonds is 7. The number of aliphatic carboxylic acids is 1. The first-order chi connectivity index (χ1) is 7.57. The molecule has 0 amide bonds. The lowest BCUT2D eigenvalue weighted by Gasteiger charge is -2.22. The fourth-order valence-electron chi connectivity index (χ4n) is 1.26. The van der Waals surface area contributed by atoms with Gasteiger partial charge in [0.2, 0.25) is 0 Å².